The van der Waals surface area contributed by atoms with Crippen LogP contribution in [0.4, 0.5) is 16.2 Å². The molecule has 1 aromatic rings. The molecule has 1 aromatic carbocycles. The Morgan fingerprint density at radius 1 is 1.25 bits per heavy atom. The predicted molar refractivity (Wildman–Crippen MR) is 79.4 cm³/mol. The van der Waals surface area contributed by atoms with E-state index in [9.17, 15) is 9.59 Å². The van der Waals surface area contributed by atoms with Crippen molar-refractivity contribution in [3.8, 4) is 0 Å². The van der Waals surface area contributed by atoms with Crippen molar-refractivity contribution in [3.63, 3.8) is 0 Å². The topological polar surface area (TPSA) is 49.9 Å². The van der Waals surface area contributed by atoms with Gasteiger partial charge in [-0.1, -0.05) is 22.0 Å². The molecule has 5 nitrogen and oxygen atoms in total. The molecule has 0 aromatic heterocycles. The SMILES string of the molecule is O=C1CC(CBr)CN1c1cccc(N2CCOC2=O)c1. The summed E-state index contributed by atoms with van der Waals surface area (Å²) in [5.74, 6) is 0.485. The minimum atomic E-state index is -0.326. The number of rotatable bonds is 3. The number of benzene rings is 1. The zero-order valence-electron chi connectivity index (χ0n) is 10.9. The number of cyclic esters (lactones) is 1. The fraction of sp³-hybridized carbons (Fsp3) is 0.429. The van der Waals surface area contributed by atoms with E-state index in [1.54, 1.807) is 9.80 Å². The van der Waals surface area contributed by atoms with Gasteiger partial charge >= 0.3 is 6.09 Å². The Bertz CT molecular complexity index is 549. The third-order valence-electron chi connectivity index (χ3n) is 3.64. The van der Waals surface area contributed by atoms with Gasteiger partial charge in [-0.15, -0.1) is 0 Å². The van der Waals surface area contributed by atoms with Gasteiger partial charge in [-0.2, -0.15) is 0 Å². The molecule has 3 rings (SSSR count). The highest BCUT2D eigenvalue weighted by Gasteiger charge is 2.30. The van der Waals surface area contributed by atoms with Gasteiger partial charge in [-0.25, -0.2) is 4.79 Å². The normalized spacial score (nSPS) is 22.6. The summed E-state index contributed by atoms with van der Waals surface area (Å²) >= 11 is 3.43. The zero-order chi connectivity index (χ0) is 14.1. The van der Waals surface area contributed by atoms with Crippen LogP contribution in [0.2, 0.25) is 0 Å². The second-order valence-electron chi connectivity index (χ2n) is 5.01. The quantitative estimate of drug-likeness (QED) is 0.795. The van der Waals surface area contributed by atoms with Crippen LogP contribution in [0.25, 0.3) is 0 Å². The van der Waals surface area contributed by atoms with E-state index in [-0.39, 0.29) is 12.0 Å². The van der Waals surface area contributed by atoms with E-state index in [0.29, 0.717) is 25.5 Å². The van der Waals surface area contributed by atoms with Crippen LogP contribution >= 0.6 is 15.9 Å². The van der Waals surface area contributed by atoms with Gasteiger partial charge < -0.3 is 9.64 Å². The van der Waals surface area contributed by atoms with E-state index in [0.717, 1.165) is 23.2 Å². The first-order valence-electron chi connectivity index (χ1n) is 6.59. The Kier molecular flexibility index (Phi) is 3.65. The molecule has 0 aliphatic carbocycles. The molecule has 0 radical (unpaired) electrons. The van der Waals surface area contributed by atoms with Crippen molar-refractivity contribution >= 4 is 39.3 Å². The summed E-state index contributed by atoms with van der Waals surface area (Å²) < 4.78 is 4.94. The Morgan fingerprint density at radius 3 is 2.60 bits per heavy atom. The molecule has 2 amide bonds. The largest absolute Gasteiger partial charge is 0.447 e. The van der Waals surface area contributed by atoms with Crippen LogP contribution in [-0.2, 0) is 9.53 Å². The summed E-state index contributed by atoms with van der Waals surface area (Å²) in [4.78, 5) is 27.0. The van der Waals surface area contributed by atoms with Crippen molar-refractivity contribution < 1.29 is 14.3 Å². The minimum Gasteiger partial charge on any atom is -0.447 e. The van der Waals surface area contributed by atoms with Crippen LogP contribution in [0, 0.1) is 5.92 Å². The number of hydrogen-bond donors (Lipinski definition) is 0. The van der Waals surface area contributed by atoms with Gasteiger partial charge in [0.15, 0.2) is 0 Å². The smallest absolute Gasteiger partial charge is 0.414 e. The van der Waals surface area contributed by atoms with Gasteiger partial charge in [0.1, 0.15) is 6.61 Å². The molecule has 1 unspecified atom stereocenters. The standard InChI is InChI=1S/C14H15BrN2O3/c15-8-10-6-13(18)17(9-10)12-3-1-2-11(7-12)16-4-5-20-14(16)19/h1-3,7,10H,4-6,8-9H2. The molecule has 6 heteroatoms. The van der Waals surface area contributed by atoms with Gasteiger partial charge in [-0.05, 0) is 24.1 Å². The van der Waals surface area contributed by atoms with Crippen molar-refractivity contribution in [2.45, 2.75) is 6.42 Å². The van der Waals surface area contributed by atoms with Crippen LogP contribution in [0.15, 0.2) is 24.3 Å². The van der Waals surface area contributed by atoms with Crippen LogP contribution in [0.1, 0.15) is 6.42 Å². The number of amides is 2. The summed E-state index contributed by atoms with van der Waals surface area (Å²) in [6.07, 6.45) is 0.245. The maximum Gasteiger partial charge on any atom is 0.414 e. The van der Waals surface area contributed by atoms with Gasteiger partial charge in [0.25, 0.3) is 0 Å². The lowest BCUT2D eigenvalue weighted by molar-refractivity contribution is -0.117. The summed E-state index contributed by atoms with van der Waals surface area (Å²) in [7, 11) is 0. The van der Waals surface area contributed by atoms with Crippen LogP contribution in [-0.4, -0.2) is 37.0 Å². The second-order valence-corrected chi connectivity index (χ2v) is 5.66. The van der Waals surface area contributed by atoms with Crippen molar-refractivity contribution in [1.29, 1.82) is 0 Å². The maximum atomic E-state index is 12.0. The van der Waals surface area contributed by atoms with Gasteiger partial charge in [0.2, 0.25) is 5.91 Å². The average molecular weight is 339 g/mol. The number of ether oxygens (including phenoxy) is 1. The molecule has 0 spiro atoms. The van der Waals surface area contributed by atoms with Crippen molar-refractivity contribution in [2.24, 2.45) is 5.92 Å². The third kappa shape index (κ3) is 2.40. The predicted octanol–water partition coefficient (Wildman–Crippen LogP) is 2.39. The highest BCUT2D eigenvalue weighted by Crippen LogP contribution is 2.29. The molecular weight excluding hydrogens is 324 g/mol. The monoisotopic (exact) mass is 338 g/mol. The molecule has 0 saturated carbocycles. The molecule has 106 valence electrons. The Labute approximate surface area is 125 Å². The summed E-state index contributed by atoms with van der Waals surface area (Å²) in [6, 6.07) is 7.50. The summed E-state index contributed by atoms with van der Waals surface area (Å²) in [6.45, 7) is 1.69. The number of carbonyl (C=O) groups excluding carboxylic acids is 2. The number of carbonyl (C=O) groups is 2. The minimum absolute atomic E-state index is 0.135. The lowest BCUT2D eigenvalue weighted by atomic mass is 10.2. The van der Waals surface area contributed by atoms with E-state index in [4.69, 9.17) is 4.74 Å². The second kappa shape index (κ2) is 5.44. The van der Waals surface area contributed by atoms with Crippen LogP contribution < -0.4 is 9.80 Å². The molecular formula is C14H15BrN2O3. The molecule has 2 saturated heterocycles. The summed E-state index contributed by atoms with van der Waals surface area (Å²) in [5, 5.41) is 0.827. The number of nitrogens with zero attached hydrogens (tertiary/aromatic N) is 2. The van der Waals surface area contributed by atoms with Crippen molar-refractivity contribution in [2.75, 3.05) is 34.8 Å². The van der Waals surface area contributed by atoms with Crippen molar-refractivity contribution in [3.05, 3.63) is 24.3 Å². The van der Waals surface area contributed by atoms with Crippen molar-refractivity contribution in [1.82, 2.24) is 0 Å². The van der Waals surface area contributed by atoms with Crippen LogP contribution in [0.5, 0.6) is 0 Å². The zero-order valence-corrected chi connectivity index (χ0v) is 12.5. The highest BCUT2D eigenvalue weighted by atomic mass is 79.9. The molecule has 1 atom stereocenters. The fourth-order valence-corrected chi connectivity index (χ4v) is 3.02. The molecule has 0 N–H and O–H groups in total. The third-order valence-corrected chi connectivity index (χ3v) is 4.55. The first-order valence-corrected chi connectivity index (χ1v) is 7.72. The molecule has 2 heterocycles. The first kappa shape index (κ1) is 13.4. The lowest BCUT2D eigenvalue weighted by Crippen LogP contribution is -2.26. The number of alkyl halides is 1. The fourth-order valence-electron chi connectivity index (χ4n) is 2.59. The van der Waals surface area contributed by atoms with Gasteiger partial charge in [0.05, 0.1) is 6.54 Å². The average Bonchev–Trinajstić information content (AvgIpc) is 3.05. The van der Waals surface area contributed by atoms with Gasteiger partial charge in [0, 0.05) is 29.7 Å². The number of hydrogen-bond acceptors (Lipinski definition) is 3. The van der Waals surface area contributed by atoms with Crippen LogP contribution in [0.3, 0.4) is 0 Å². The maximum absolute atomic E-state index is 12.0. The molecule has 20 heavy (non-hydrogen) atoms. The lowest BCUT2D eigenvalue weighted by Gasteiger charge is -2.19. The van der Waals surface area contributed by atoms with E-state index in [2.05, 4.69) is 15.9 Å². The highest BCUT2D eigenvalue weighted by molar-refractivity contribution is 9.09. The Hall–Kier alpha value is -1.56. The van der Waals surface area contributed by atoms with E-state index < -0.39 is 0 Å². The Balaban J connectivity index is 1.84. The first-order chi connectivity index (χ1) is 9.69. The van der Waals surface area contributed by atoms with E-state index in [1.807, 2.05) is 24.3 Å². The molecule has 2 aliphatic rings. The van der Waals surface area contributed by atoms with E-state index in [1.165, 1.54) is 0 Å². The molecule has 2 aliphatic heterocycles. The number of halogens is 1. The number of anilines is 2. The molecule has 2 fully saturated rings. The summed E-state index contributed by atoms with van der Waals surface area (Å²) in [5.41, 5.74) is 1.62. The molecule has 0 bridgehead atoms. The van der Waals surface area contributed by atoms with Gasteiger partial charge in [-0.3, -0.25) is 9.69 Å². The Morgan fingerprint density at radius 2 is 2.00 bits per heavy atom. The van der Waals surface area contributed by atoms with E-state index >= 15 is 0 Å².